The van der Waals surface area contributed by atoms with Crippen molar-refractivity contribution in [2.24, 2.45) is 0 Å². The summed E-state index contributed by atoms with van der Waals surface area (Å²) in [6.07, 6.45) is 1.86. The van der Waals surface area contributed by atoms with Crippen LogP contribution >= 0.6 is 0 Å². The second-order valence-electron chi connectivity index (χ2n) is 3.86. The number of hydrogen-bond donors (Lipinski definition) is 1. The van der Waals surface area contributed by atoms with Crippen LogP contribution in [0.15, 0.2) is 36.5 Å². The molecule has 0 aliphatic rings. The Kier molecular flexibility index (Phi) is 4.47. The summed E-state index contributed by atoms with van der Waals surface area (Å²) < 4.78 is 5.28. The number of pyridine rings is 1. The van der Waals surface area contributed by atoms with Crippen molar-refractivity contribution in [1.29, 1.82) is 0 Å². The highest BCUT2D eigenvalue weighted by atomic mass is 16.5. The Morgan fingerprint density at radius 3 is 3.00 bits per heavy atom. The van der Waals surface area contributed by atoms with Crippen molar-refractivity contribution in [3.05, 3.63) is 42.1 Å². The molecule has 1 aromatic carbocycles. The van der Waals surface area contributed by atoms with Gasteiger partial charge in [0.15, 0.2) is 0 Å². The molecule has 0 unspecified atom stereocenters. The van der Waals surface area contributed by atoms with Crippen LogP contribution in [0.4, 0.5) is 0 Å². The van der Waals surface area contributed by atoms with E-state index >= 15 is 0 Å². The molecule has 1 heterocycles. The normalized spacial score (nSPS) is 10.9. The summed E-state index contributed by atoms with van der Waals surface area (Å²) in [7, 11) is 0. The number of fused-ring (bicyclic) bond motifs is 1. The summed E-state index contributed by atoms with van der Waals surface area (Å²) in [4.78, 5) is 4.35. The predicted molar refractivity (Wildman–Crippen MR) is 69.9 cm³/mol. The fourth-order valence-electron chi connectivity index (χ4n) is 1.82. The number of para-hydroxylation sites is 1. The Hall–Kier alpha value is -1.45. The van der Waals surface area contributed by atoms with Crippen LogP contribution in [0.2, 0.25) is 0 Å². The fraction of sp³-hybridized carbons (Fsp3) is 0.357. The number of rotatable bonds is 6. The molecule has 0 bridgehead atoms. The van der Waals surface area contributed by atoms with Gasteiger partial charge in [-0.25, -0.2) is 0 Å². The molecule has 3 heteroatoms. The molecule has 2 aromatic rings. The first-order valence-corrected chi connectivity index (χ1v) is 6.03. The third-order valence-electron chi connectivity index (χ3n) is 2.68. The van der Waals surface area contributed by atoms with E-state index in [2.05, 4.69) is 22.4 Å². The first-order chi connectivity index (χ1) is 8.42. The van der Waals surface area contributed by atoms with E-state index in [0.717, 1.165) is 31.8 Å². The van der Waals surface area contributed by atoms with Gasteiger partial charge in [0.2, 0.25) is 0 Å². The molecule has 3 nitrogen and oxygen atoms in total. The Balaban J connectivity index is 1.98. The van der Waals surface area contributed by atoms with Gasteiger partial charge in [-0.05, 0) is 24.6 Å². The third kappa shape index (κ3) is 3.25. The molecule has 90 valence electrons. The minimum Gasteiger partial charge on any atom is -0.380 e. The Labute approximate surface area is 102 Å². The second-order valence-corrected chi connectivity index (χ2v) is 3.86. The monoisotopic (exact) mass is 230 g/mol. The van der Waals surface area contributed by atoms with E-state index in [1.54, 1.807) is 0 Å². The van der Waals surface area contributed by atoms with E-state index in [9.17, 15) is 0 Å². The SMILES string of the molecule is CCOCCNCc1ccnc2ccccc12. The molecule has 0 saturated carbocycles. The number of nitrogens with zero attached hydrogens (tertiary/aromatic N) is 1. The second kappa shape index (κ2) is 6.33. The van der Waals surface area contributed by atoms with Crippen molar-refractivity contribution in [1.82, 2.24) is 10.3 Å². The Bertz CT molecular complexity index is 465. The summed E-state index contributed by atoms with van der Waals surface area (Å²) in [5, 5.41) is 4.60. The van der Waals surface area contributed by atoms with Crippen molar-refractivity contribution in [2.45, 2.75) is 13.5 Å². The minimum atomic E-state index is 0.763. The topological polar surface area (TPSA) is 34.1 Å². The Morgan fingerprint density at radius 2 is 2.12 bits per heavy atom. The molecule has 0 spiro atoms. The zero-order valence-electron chi connectivity index (χ0n) is 10.1. The van der Waals surface area contributed by atoms with Gasteiger partial charge < -0.3 is 10.1 Å². The number of ether oxygens (including phenoxy) is 1. The highest BCUT2D eigenvalue weighted by Crippen LogP contribution is 2.15. The smallest absolute Gasteiger partial charge is 0.0705 e. The van der Waals surface area contributed by atoms with Crippen molar-refractivity contribution < 1.29 is 4.74 Å². The summed E-state index contributed by atoms with van der Waals surface area (Å²) in [5.41, 5.74) is 2.34. The molecule has 0 atom stereocenters. The largest absolute Gasteiger partial charge is 0.380 e. The Morgan fingerprint density at radius 1 is 1.24 bits per heavy atom. The van der Waals surface area contributed by atoms with Gasteiger partial charge in [-0.3, -0.25) is 4.98 Å². The minimum absolute atomic E-state index is 0.763. The molecule has 17 heavy (non-hydrogen) atoms. The lowest BCUT2D eigenvalue weighted by atomic mass is 10.1. The van der Waals surface area contributed by atoms with E-state index in [0.29, 0.717) is 0 Å². The third-order valence-corrected chi connectivity index (χ3v) is 2.68. The van der Waals surface area contributed by atoms with Gasteiger partial charge in [0.1, 0.15) is 0 Å². The molecule has 0 amide bonds. The molecule has 0 fully saturated rings. The number of aromatic nitrogens is 1. The molecule has 1 N–H and O–H groups in total. The number of hydrogen-bond acceptors (Lipinski definition) is 3. The first-order valence-electron chi connectivity index (χ1n) is 6.03. The maximum Gasteiger partial charge on any atom is 0.0705 e. The van der Waals surface area contributed by atoms with Crippen LogP contribution in [0.25, 0.3) is 10.9 Å². The molecule has 1 aromatic heterocycles. The van der Waals surface area contributed by atoms with Crippen molar-refractivity contribution in [3.8, 4) is 0 Å². The summed E-state index contributed by atoms with van der Waals surface area (Å²) in [6.45, 7) is 5.29. The van der Waals surface area contributed by atoms with Crippen molar-refractivity contribution in [2.75, 3.05) is 19.8 Å². The molecule has 0 saturated heterocycles. The van der Waals surface area contributed by atoms with Gasteiger partial charge in [-0.2, -0.15) is 0 Å². The predicted octanol–water partition coefficient (Wildman–Crippen LogP) is 2.36. The van der Waals surface area contributed by atoms with Gasteiger partial charge in [0.25, 0.3) is 0 Å². The lowest BCUT2D eigenvalue weighted by molar-refractivity contribution is 0.149. The van der Waals surface area contributed by atoms with Crippen LogP contribution in [0.5, 0.6) is 0 Å². The summed E-state index contributed by atoms with van der Waals surface area (Å²) >= 11 is 0. The first kappa shape index (κ1) is 12.0. The standard InChI is InChI=1S/C14H18N2O/c1-2-17-10-9-15-11-12-7-8-16-14-6-4-3-5-13(12)14/h3-8,15H,2,9-11H2,1H3. The lowest BCUT2D eigenvalue weighted by Crippen LogP contribution is -2.19. The average Bonchev–Trinajstić information content (AvgIpc) is 2.39. The van der Waals surface area contributed by atoms with Crippen LogP contribution in [0.3, 0.4) is 0 Å². The molecule has 0 aliphatic carbocycles. The van der Waals surface area contributed by atoms with E-state index in [4.69, 9.17) is 4.74 Å². The van der Waals surface area contributed by atoms with Gasteiger partial charge in [0, 0.05) is 31.3 Å². The van der Waals surface area contributed by atoms with Crippen molar-refractivity contribution >= 4 is 10.9 Å². The molecular formula is C14H18N2O. The van der Waals surface area contributed by atoms with E-state index in [1.165, 1.54) is 10.9 Å². The number of nitrogens with one attached hydrogen (secondary N) is 1. The summed E-state index contributed by atoms with van der Waals surface area (Å²) in [6, 6.07) is 10.3. The van der Waals surface area contributed by atoms with Crippen LogP contribution in [0.1, 0.15) is 12.5 Å². The van der Waals surface area contributed by atoms with Gasteiger partial charge in [-0.15, -0.1) is 0 Å². The zero-order chi connectivity index (χ0) is 11.9. The van der Waals surface area contributed by atoms with Crippen LogP contribution in [-0.4, -0.2) is 24.7 Å². The van der Waals surface area contributed by atoms with E-state index in [1.807, 2.05) is 31.3 Å². The highest BCUT2D eigenvalue weighted by Gasteiger charge is 2.00. The van der Waals surface area contributed by atoms with E-state index < -0.39 is 0 Å². The molecule has 2 rings (SSSR count). The highest BCUT2D eigenvalue weighted by molar-refractivity contribution is 5.81. The van der Waals surface area contributed by atoms with E-state index in [-0.39, 0.29) is 0 Å². The summed E-state index contributed by atoms with van der Waals surface area (Å²) in [5.74, 6) is 0. The maximum absolute atomic E-state index is 5.28. The van der Waals surface area contributed by atoms with Gasteiger partial charge in [-0.1, -0.05) is 18.2 Å². The van der Waals surface area contributed by atoms with Crippen molar-refractivity contribution in [3.63, 3.8) is 0 Å². The van der Waals surface area contributed by atoms with Crippen LogP contribution in [-0.2, 0) is 11.3 Å². The maximum atomic E-state index is 5.28. The van der Waals surface area contributed by atoms with Crippen LogP contribution < -0.4 is 5.32 Å². The molecule has 0 radical (unpaired) electrons. The molecule has 0 aliphatic heterocycles. The van der Waals surface area contributed by atoms with Gasteiger partial charge in [0.05, 0.1) is 12.1 Å². The fourth-order valence-corrected chi connectivity index (χ4v) is 1.82. The average molecular weight is 230 g/mol. The lowest BCUT2D eigenvalue weighted by Gasteiger charge is -2.07. The number of benzene rings is 1. The quantitative estimate of drug-likeness (QED) is 0.774. The molecular weight excluding hydrogens is 212 g/mol. The van der Waals surface area contributed by atoms with Crippen LogP contribution in [0, 0.1) is 0 Å². The van der Waals surface area contributed by atoms with Gasteiger partial charge >= 0.3 is 0 Å². The zero-order valence-corrected chi connectivity index (χ0v) is 10.1.